The molecule has 2 aliphatic heterocycles. The fourth-order valence-corrected chi connectivity index (χ4v) is 3.99. The van der Waals surface area contributed by atoms with Crippen LogP contribution in [-0.4, -0.2) is 46.5 Å². The fraction of sp³-hybridized carbons (Fsp3) is 0.450. The number of carbonyl (C=O) groups is 2. The van der Waals surface area contributed by atoms with E-state index in [0.717, 1.165) is 61.4 Å². The van der Waals surface area contributed by atoms with Crippen molar-refractivity contribution in [3.8, 4) is 0 Å². The number of aromatic nitrogens is 2. The summed E-state index contributed by atoms with van der Waals surface area (Å²) in [5.41, 5.74) is 9.78. The highest BCUT2D eigenvalue weighted by molar-refractivity contribution is 6.04. The van der Waals surface area contributed by atoms with E-state index in [9.17, 15) is 9.59 Å². The molecule has 0 radical (unpaired) electrons. The van der Waals surface area contributed by atoms with E-state index in [1.165, 1.54) is 0 Å². The van der Waals surface area contributed by atoms with Crippen LogP contribution in [0, 0.1) is 5.92 Å². The SMILES string of the molecule is Cl.NC(=O)C1CCCN(Cc2ccc(NC(=O)c3n[nH]c4c3CNCC4)cc2)C1. The summed E-state index contributed by atoms with van der Waals surface area (Å²) in [7, 11) is 0. The standard InChI is InChI=1S/C20H26N6O2.ClH/c21-19(27)14-2-1-9-26(12-14)11-13-3-5-15(6-4-13)23-20(28)18-16-10-22-8-7-17(16)24-25-18;/h3-6,14,22H,1-2,7-12H2,(H2,21,27)(H,23,28)(H,24,25);1H. The van der Waals surface area contributed by atoms with Gasteiger partial charge in [-0.25, -0.2) is 0 Å². The van der Waals surface area contributed by atoms with Crippen molar-refractivity contribution in [1.29, 1.82) is 0 Å². The van der Waals surface area contributed by atoms with Gasteiger partial charge >= 0.3 is 0 Å². The third-order valence-electron chi connectivity index (χ3n) is 5.55. The average molecular weight is 419 g/mol. The van der Waals surface area contributed by atoms with Crippen molar-refractivity contribution in [3.63, 3.8) is 0 Å². The summed E-state index contributed by atoms with van der Waals surface area (Å²) >= 11 is 0. The smallest absolute Gasteiger partial charge is 0.276 e. The number of nitrogens with one attached hydrogen (secondary N) is 3. The highest BCUT2D eigenvalue weighted by atomic mass is 35.5. The number of nitrogens with two attached hydrogens (primary N) is 1. The molecule has 2 amide bonds. The number of halogens is 1. The molecule has 9 heteroatoms. The van der Waals surface area contributed by atoms with Gasteiger partial charge in [0.1, 0.15) is 0 Å². The first-order chi connectivity index (χ1) is 13.6. The van der Waals surface area contributed by atoms with Crippen LogP contribution >= 0.6 is 12.4 Å². The van der Waals surface area contributed by atoms with Crippen LogP contribution in [0.1, 0.15) is 40.2 Å². The topological polar surface area (TPSA) is 116 Å². The molecular formula is C20H27ClN6O2. The first-order valence-electron chi connectivity index (χ1n) is 9.79. The number of hydrogen-bond acceptors (Lipinski definition) is 5. The zero-order chi connectivity index (χ0) is 19.5. The lowest BCUT2D eigenvalue weighted by atomic mass is 9.97. The Morgan fingerprint density at radius 2 is 2.07 bits per heavy atom. The Labute approximate surface area is 176 Å². The molecule has 3 heterocycles. The number of carbonyl (C=O) groups excluding carboxylic acids is 2. The summed E-state index contributed by atoms with van der Waals surface area (Å²) in [4.78, 5) is 26.3. The molecule has 8 nitrogen and oxygen atoms in total. The van der Waals surface area contributed by atoms with Crippen molar-refractivity contribution >= 4 is 29.9 Å². The summed E-state index contributed by atoms with van der Waals surface area (Å²) in [5, 5.41) is 13.4. The number of fused-ring (bicyclic) bond motifs is 1. The molecule has 1 fully saturated rings. The van der Waals surface area contributed by atoms with Crippen molar-refractivity contribution < 1.29 is 9.59 Å². The van der Waals surface area contributed by atoms with Crippen molar-refractivity contribution in [2.45, 2.75) is 32.4 Å². The molecular weight excluding hydrogens is 392 g/mol. The number of piperidine rings is 1. The van der Waals surface area contributed by atoms with Crippen molar-refractivity contribution in [2.24, 2.45) is 11.7 Å². The molecule has 156 valence electrons. The van der Waals surface area contributed by atoms with Crippen molar-refractivity contribution in [2.75, 3.05) is 25.0 Å². The van der Waals surface area contributed by atoms with Gasteiger partial charge in [-0.2, -0.15) is 5.10 Å². The molecule has 1 aromatic carbocycles. The number of nitrogens with zero attached hydrogens (tertiary/aromatic N) is 2. The second-order valence-corrected chi connectivity index (χ2v) is 7.58. The molecule has 1 unspecified atom stereocenters. The Kier molecular flexibility index (Phi) is 6.89. The first kappa shape index (κ1) is 21.3. The van der Waals surface area contributed by atoms with Crippen LogP contribution in [0.5, 0.6) is 0 Å². The normalized spacial score (nSPS) is 19.1. The zero-order valence-corrected chi connectivity index (χ0v) is 17.1. The van der Waals surface area contributed by atoms with E-state index in [4.69, 9.17) is 5.73 Å². The molecule has 1 aromatic heterocycles. The predicted molar refractivity (Wildman–Crippen MR) is 113 cm³/mol. The number of likely N-dealkylation sites (tertiary alicyclic amines) is 1. The lowest BCUT2D eigenvalue weighted by Gasteiger charge is -2.31. The van der Waals surface area contributed by atoms with Crippen LogP contribution in [0.15, 0.2) is 24.3 Å². The van der Waals surface area contributed by atoms with Gasteiger partial charge in [0, 0.05) is 49.5 Å². The molecule has 0 spiro atoms. The van der Waals surface area contributed by atoms with Gasteiger partial charge in [-0.05, 0) is 37.1 Å². The summed E-state index contributed by atoms with van der Waals surface area (Å²) in [6.07, 6.45) is 2.73. The number of hydrogen-bond donors (Lipinski definition) is 4. The van der Waals surface area contributed by atoms with Crippen LogP contribution < -0.4 is 16.4 Å². The lowest BCUT2D eigenvalue weighted by molar-refractivity contribution is -0.123. The van der Waals surface area contributed by atoms with Crippen molar-refractivity contribution in [1.82, 2.24) is 20.4 Å². The maximum Gasteiger partial charge on any atom is 0.276 e. The van der Waals surface area contributed by atoms with Crippen LogP contribution in [0.3, 0.4) is 0 Å². The van der Waals surface area contributed by atoms with E-state index in [1.54, 1.807) is 0 Å². The van der Waals surface area contributed by atoms with Gasteiger partial charge < -0.3 is 16.4 Å². The zero-order valence-electron chi connectivity index (χ0n) is 16.2. The summed E-state index contributed by atoms with van der Waals surface area (Å²) in [6.45, 7) is 4.02. The third kappa shape index (κ3) is 4.95. The lowest BCUT2D eigenvalue weighted by Crippen LogP contribution is -2.40. The first-order valence-corrected chi connectivity index (χ1v) is 9.79. The van der Waals surface area contributed by atoms with E-state index in [0.29, 0.717) is 18.8 Å². The van der Waals surface area contributed by atoms with Crippen molar-refractivity contribution in [3.05, 3.63) is 46.8 Å². The number of anilines is 1. The van der Waals surface area contributed by atoms with Gasteiger partial charge in [0.2, 0.25) is 5.91 Å². The van der Waals surface area contributed by atoms with E-state index in [2.05, 4.69) is 25.7 Å². The highest BCUT2D eigenvalue weighted by Gasteiger charge is 2.24. The van der Waals surface area contributed by atoms with E-state index < -0.39 is 0 Å². The van der Waals surface area contributed by atoms with E-state index in [-0.39, 0.29) is 30.1 Å². The Morgan fingerprint density at radius 3 is 2.83 bits per heavy atom. The summed E-state index contributed by atoms with van der Waals surface area (Å²) < 4.78 is 0. The number of primary amides is 1. The minimum atomic E-state index is -0.210. The number of amides is 2. The molecule has 1 saturated heterocycles. The Bertz CT molecular complexity index is 866. The molecule has 2 aliphatic rings. The maximum absolute atomic E-state index is 12.6. The monoisotopic (exact) mass is 418 g/mol. The van der Waals surface area contributed by atoms with Crippen LogP contribution in [0.4, 0.5) is 5.69 Å². The molecule has 5 N–H and O–H groups in total. The van der Waals surface area contributed by atoms with Gasteiger partial charge in [-0.15, -0.1) is 12.4 Å². The average Bonchev–Trinajstić information content (AvgIpc) is 3.14. The number of rotatable bonds is 5. The molecule has 1 atom stereocenters. The predicted octanol–water partition coefficient (Wildman–Crippen LogP) is 1.43. The minimum absolute atomic E-state index is 0. The quantitative estimate of drug-likeness (QED) is 0.586. The van der Waals surface area contributed by atoms with Gasteiger partial charge in [0.15, 0.2) is 5.69 Å². The molecule has 0 bridgehead atoms. The molecule has 29 heavy (non-hydrogen) atoms. The number of aromatic amines is 1. The van der Waals surface area contributed by atoms with Gasteiger partial charge in [-0.3, -0.25) is 19.6 Å². The van der Waals surface area contributed by atoms with E-state index >= 15 is 0 Å². The van der Waals surface area contributed by atoms with Crippen LogP contribution in [0.25, 0.3) is 0 Å². The van der Waals surface area contributed by atoms with Gasteiger partial charge in [0.05, 0.1) is 5.92 Å². The summed E-state index contributed by atoms with van der Waals surface area (Å²) in [6, 6.07) is 7.82. The van der Waals surface area contributed by atoms with E-state index in [1.807, 2.05) is 24.3 Å². The maximum atomic E-state index is 12.6. The van der Waals surface area contributed by atoms with Gasteiger partial charge in [-0.1, -0.05) is 12.1 Å². The number of H-pyrrole nitrogens is 1. The number of benzene rings is 1. The second kappa shape index (κ2) is 9.39. The van der Waals surface area contributed by atoms with Crippen LogP contribution in [0.2, 0.25) is 0 Å². The largest absolute Gasteiger partial charge is 0.369 e. The Hall–Kier alpha value is -2.42. The van der Waals surface area contributed by atoms with Crippen LogP contribution in [-0.2, 0) is 24.3 Å². The molecule has 0 saturated carbocycles. The molecule has 0 aliphatic carbocycles. The second-order valence-electron chi connectivity index (χ2n) is 7.58. The highest BCUT2D eigenvalue weighted by Crippen LogP contribution is 2.20. The third-order valence-corrected chi connectivity index (χ3v) is 5.55. The Morgan fingerprint density at radius 1 is 1.28 bits per heavy atom. The molecule has 2 aromatic rings. The Balaban J connectivity index is 0.00000240. The minimum Gasteiger partial charge on any atom is -0.369 e. The molecule has 4 rings (SSSR count). The summed E-state index contributed by atoms with van der Waals surface area (Å²) in [5.74, 6) is -0.464. The van der Waals surface area contributed by atoms with Gasteiger partial charge in [0.25, 0.3) is 5.91 Å². The fourth-order valence-electron chi connectivity index (χ4n) is 3.99.